The Kier molecular flexibility index (Phi) is 8.05. The molecule has 2 aromatic rings. The van der Waals surface area contributed by atoms with E-state index in [1.54, 1.807) is 0 Å². The second-order valence-electron chi connectivity index (χ2n) is 5.75. The van der Waals surface area contributed by atoms with E-state index in [4.69, 9.17) is 0 Å². The fourth-order valence-corrected chi connectivity index (χ4v) is 2.28. The van der Waals surface area contributed by atoms with Gasteiger partial charge in [-0.25, -0.2) is 0 Å². The number of carbonyl (C=O) groups is 2. The van der Waals surface area contributed by atoms with Crippen LogP contribution in [0.1, 0.15) is 36.8 Å². The van der Waals surface area contributed by atoms with Gasteiger partial charge in [0.1, 0.15) is 0 Å². The number of amides is 2. The Morgan fingerprint density at radius 1 is 0.800 bits per heavy atom. The molecule has 0 heterocycles. The van der Waals surface area contributed by atoms with Crippen molar-refractivity contribution >= 4 is 11.8 Å². The van der Waals surface area contributed by atoms with Gasteiger partial charge in [-0.1, -0.05) is 60.7 Å². The van der Waals surface area contributed by atoms with Gasteiger partial charge in [0.25, 0.3) is 5.91 Å². The second-order valence-corrected chi connectivity index (χ2v) is 5.75. The van der Waals surface area contributed by atoms with Crippen molar-refractivity contribution in [2.45, 2.75) is 38.8 Å². The van der Waals surface area contributed by atoms with Crippen LogP contribution in [0.25, 0.3) is 0 Å². The third-order valence-electron chi connectivity index (χ3n) is 3.66. The minimum Gasteiger partial charge on any atom is -0.352 e. The predicted octanol–water partition coefficient (Wildman–Crippen LogP) is 4.04. The molecule has 0 aliphatic rings. The highest BCUT2D eigenvalue weighted by atomic mass is 16.2. The van der Waals surface area contributed by atoms with Crippen molar-refractivity contribution in [2.24, 2.45) is 10.2 Å². The molecule has 0 aliphatic heterocycles. The summed E-state index contributed by atoms with van der Waals surface area (Å²) in [6, 6.07) is 19.4. The van der Waals surface area contributed by atoms with Crippen LogP contribution < -0.4 is 5.32 Å². The first-order valence-corrected chi connectivity index (χ1v) is 8.49. The molecule has 0 aliphatic carbocycles. The predicted molar refractivity (Wildman–Crippen MR) is 96.8 cm³/mol. The molecule has 0 atom stereocenters. The Bertz CT molecular complexity index is 685. The quantitative estimate of drug-likeness (QED) is 0.554. The molecular weight excluding hydrogens is 314 g/mol. The van der Waals surface area contributed by atoms with Crippen molar-refractivity contribution in [3.63, 3.8) is 0 Å². The molecule has 0 aromatic heterocycles. The van der Waals surface area contributed by atoms with Crippen LogP contribution in [0.2, 0.25) is 0 Å². The Hall–Kier alpha value is -2.82. The maximum Gasteiger partial charge on any atom is 0.264 e. The van der Waals surface area contributed by atoms with Crippen LogP contribution in [0.4, 0.5) is 0 Å². The summed E-state index contributed by atoms with van der Waals surface area (Å²) in [5.74, 6) is -0.234. The van der Waals surface area contributed by atoms with E-state index in [0.29, 0.717) is 38.8 Å². The Morgan fingerprint density at radius 3 is 2.08 bits per heavy atom. The Morgan fingerprint density at radius 2 is 1.40 bits per heavy atom. The average molecular weight is 337 g/mol. The lowest BCUT2D eigenvalue weighted by Gasteiger charge is -2.04. The van der Waals surface area contributed by atoms with E-state index >= 15 is 0 Å². The molecule has 1 N–H and O–H groups in total. The van der Waals surface area contributed by atoms with Crippen LogP contribution in [0, 0.1) is 0 Å². The summed E-state index contributed by atoms with van der Waals surface area (Å²) in [6.45, 7) is 0.945. The molecule has 0 saturated carbocycles. The number of hydrogen-bond acceptors (Lipinski definition) is 3. The van der Waals surface area contributed by atoms with Crippen LogP contribution in [-0.4, -0.2) is 11.8 Å². The van der Waals surface area contributed by atoms with E-state index < -0.39 is 0 Å². The van der Waals surface area contributed by atoms with Gasteiger partial charge in [-0.3, -0.25) is 9.59 Å². The summed E-state index contributed by atoms with van der Waals surface area (Å²) in [5, 5.41) is 10.5. The van der Waals surface area contributed by atoms with Gasteiger partial charge in [0, 0.05) is 19.4 Å². The van der Waals surface area contributed by atoms with Crippen LogP contribution in [0.3, 0.4) is 0 Å². The first kappa shape index (κ1) is 18.5. The highest BCUT2D eigenvalue weighted by Gasteiger charge is 2.04. The average Bonchev–Trinajstić information content (AvgIpc) is 2.65. The third kappa shape index (κ3) is 8.01. The summed E-state index contributed by atoms with van der Waals surface area (Å²) in [5.41, 5.74) is 2.10. The molecule has 2 amide bonds. The van der Waals surface area contributed by atoms with E-state index in [-0.39, 0.29) is 11.8 Å². The highest BCUT2D eigenvalue weighted by Crippen LogP contribution is 2.04. The van der Waals surface area contributed by atoms with Gasteiger partial charge in [-0.15, -0.1) is 5.11 Å². The van der Waals surface area contributed by atoms with Crippen molar-refractivity contribution in [2.75, 3.05) is 0 Å². The van der Waals surface area contributed by atoms with Gasteiger partial charge >= 0.3 is 0 Å². The topological polar surface area (TPSA) is 70.9 Å². The third-order valence-corrected chi connectivity index (χ3v) is 3.66. The summed E-state index contributed by atoms with van der Waals surface area (Å²) in [4.78, 5) is 23.4. The lowest BCUT2D eigenvalue weighted by molar-refractivity contribution is -0.122. The lowest BCUT2D eigenvalue weighted by atomic mass is 10.1. The second kappa shape index (κ2) is 10.9. The molecule has 0 unspecified atom stereocenters. The zero-order chi connectivity index (χ0) is 17.7. The number of hydrogen-bond donors (Lipinski definition) is 1. The highest BCUT2D eigenvalue weighted by molar-refractivity contribution is 5.77. The van der Waals surface area contributed by atoms with Gasteiger partial charge in [0.05, 0.1) is 6.54 Å². The largest absolute Gasteiger partial charge is 0.352 e. The van der Waals surface area contributed by atoms with E-state index in [2.05, 4.69) is 15.5 Å². The SMILES string of the molecule is O=C(CCCCC(=O)NCc1ccccc1)N=NCc1ccccc1. The lowest BCUT2D eigenvalue weighted by Crippen LogP contribution is -2.22. The van der Waals surface area contributed by atoms with Crippen LogP contribution in [0.15, 0.2) is 70.9 Å². The zero-order valence-corrected chi connectivity index (χ0v) is 14.2. The van der Waals surface area contributed by atoms with Crippen molar-refractivity contribution in [1.82, 2.24) is 5.32 Å². The molecule has 5 nitrogen and oxygen atoms in total. The number of benzene rings is 2. The molecule has 0 radical (unpaired) electrons. The normalized spacial score (nSPS) is 10.7. The molecule has 0 fully saturated rings. The summed E-state index contributed by atoms with van der Waals surface area (Å²) >= 11 is 0. The minimum absolute atomic E-state index is 0.00186. The van der Waals surface area contributed by atoms with E-state index in [1.165, 1.54) is 0 Å². The molecule has 0 saturated heterocycles. The van der Waals surface area contributed by atoms with Crippen LogP contribution >= 0.6 is 0 Å². The van der Waals surface area contributed by atoms with Crippen molar-refractivity contribution < 1.29 is 9.59 Å². The number of azo groups is 1. The molecule has 0 bridgehead atoms. The standard InChI is InChI=1S/C20H23N3O2/c24-19(21-15-17-9-3-1-4-10-17)13-7-8-14-20(25)23-22-16-18-11-5-2-6-12-18/h1-6,9-12H,7-8,13-16H2,(H,21,24). The summed E-state index contributed by atoms with van der Waals surface area (Å²) in [7, 11) is 0. The maximum atomic E-state index is 11.8. The minimum atomic E-state index is -0.236. The molecule has 2 rings (SSSR count). The fraction of sp³-hybridized carbons (Fsp3) is 0.300. The number of rotatable bonds is 9. The number of unbranched alkanes of at least 4 members (excludes halogenated alkanes) is 1. The number of nitrogens with one attached hydrogen (secondary N) is 1. The molecule has 5 heteroatoms. The smallest absolute Gasteiger partial charge is 0.264 e. The fourth-order valence-electron chi connectivity index (χ4n) is 2.28. The van der Waals surface area contributed by atoms with E-state index in [9.17, 15) is 9.59 Å². The van der Waals surface area contributed by atoms with Gasteiger partial charge in [0.15, 0.2) is 0 Å². The van der Waals surface area contributed by atoms with Crippen LogP contribution in [-0.2, 0) is 22.7 Å². The molecule has 2 aromatic carbocycles. The molecular formula is C20H23N3O2. The van der Waals surface area contributed by atoms with Crippen molar-refractivity contribution in [1.29, 1.82) is 0 Å². The van der Waals surface area contributed by atoms with Crippen molar-refractivity contribution in [3.8, 4) is 0 Å². The first-order chi connectivity index (χ1) is 12.2. The van der Waals surface area contributed by atoms with Gasteiger partial charge < -0.3 is 5.32 Å². The summed E-state index contributed by atoms with van der Waals surface area (Å²) in [6.07, 6.45) is 2.05. The Balaban J connectivity index is 1.54. The molecule has 130 valence electrons. The van der Waals surface area contributed by atoms with Gasteiger partial charge in [-0.05, 0) is 24.0 Å². The van der Waals surface area contributed by atoms with E-state index in [1.807, 2.05) is 60.7 Å². The Labute approximate surface area is 148 Å². The first-order valence-electron chi connectivity index (χ1n) is 8.49. The monoisotopic (exact) mass is 337 g/mol. The van der Waals surface area contributed by atoms with Crippen molar-refractivity contribution in [3.05, 3.63) is 71.8 Å². The molecule has 0 spiro atoms. The number of carbonyl (C=O) groups excluding carboxylic acids is 2. The number of nitrogens with zero attached hydrogens (tertiary/aromatic N) is 2. The van der Waals surface area contributed by atoms with Gasteiger partial charge in [-0.2, -0.15) is 5.11 Å². The molecule has 25 heavy (non-hydrogen) atoms. The maximum absolute atomic E-state index is 11.8. The zero-order valence-electron chi connectivity index (χ0n) is 14.2. The van der Waals surface area contributed by atoms with Crippen LogP contribution in [0.5, 0.6) is 0 Å². The van der Waals surface area contributed by atoms with Gasteiger partial charge in [0.2, 0.25) is 5.91 Å². The summed E-state index contributed by atoms with van der Waals surface area (Å²) < 4.78 is 0. The van der Waals surface area contributed by atoms with E-state index in [0.717, 1.165) is 11.1 Å².